The van der Waals surface area contributed by atoms with Gasteiger partial charge in [0.2, 0.25) is 5.91 Å². The van der Waals surface area contributed by atoms with Crippen LogP contribution in [0, 0.1) is 12.3 Å². The average Bonchev–Trinajstić information content (AvgIpc) is 3.28. The number of hydrogen-bond donors (Lipinski definition) is 1. The van der Waals surface area contributed by atoms with E-state index >= 15 is 0 Å². The van der Waals surface area contributed by atoms with Crippen molar-refractivity contribution in [3.8, 4) is 5.69 Å². The van der Waals surface area contributed by atoms with Crippen LogP contribution in [0.25, 0.3) is 16.8 Å². The Morgan fingerprint density at radius 1 is 1.19 bits per heavy atom. The number of nitrogens with zero attached hydrogens (tertiary/aromatic N) is 3. The van der Waals surface area contributed by atoms with Gasteiger partial charge in [-0.2, -0.15) is 5.10 Å². The fourth-order valence-corrected chi connectivity index (χ4v) is 4.73. The Morgan fingerprint density at radius 3 is 2.75 bits per heavy atom. The molecule has 32 heavy (non-hydrogen) atoms. The molecule has 2 heterocycles. The van der Waals surface area contributed by atoms with Crippen molar-refractivity contribution < 1.29 is 9.21 Å². The van der Waals surface area contributed by atoms with Crippen LogP contribution in [0.5, 0.6) is 0 Å². The molecule has 1 atom stereocenters. The molecule has 1 amide bonds. The van der Waals surface area contributed by atoms with Gasteiger partial charge in [0.15, 0.2) is 5.58 Å². The number of para-hydroxylation sites is 3. The predicted molar refractivity (Wildman–Crippen MR) is 122 cm³/mol. The van der Waals surface area contributed by atoms with Crippen LogP contribution in [0.3, 0.4) is 0 Å². The van der Waals surface area contributed by atoms with Crippen molar-refractivity contribution in [2.45, 2.75) is 46.2 Å². The van der Waals surface area contributed by atoms with Crippen LogP contribution in [0.15, 0.2) is 63.9 Å². The molecular weight excluding hydrogens is 404 g/mol. The number of oxazole rings is 1. The van der Waals surface area contributed by atoms with E-state index < -0.39 is 5.76 Å². The molecule has 0 aliphatic heterocycles. The molecule has 0 radical (unpaired) electrons. The van der Waals surface area contributed by atoms with Gasteiger partial charge in [-0.25, -0.2) is 9.48 Å². The zero-order valence-corrected chi connectivity index (χ0v) is 18.5. The largest absolute Gasteiger partial charge is 0.420 e. The maximum Gasteiger partial charge on any atom is 0.420 e. The zero-order chi connectivity index (χ0) is 22.5. The van der Waals surface area contributed by atoms with Crippen molar-refractivity contribution in [1.29, 1.82) is 0 Å². The molecule has 0 unspecified atom stereocenters. The lowest BCUT2D eigenvalue weighted by Crippen LogP contribution is -2.39. The molecular formula is C25H26N4O3. The smallest absolute Gasteiger partial charge is 0.408 e. The Hall–Kier alpha value is -3.61. The molecule has 1 aliphatic rings. The molecule has 2 aromatic heterocycles. The van der Waals surface area contributed by atoms with E-state index in [1.165, 1.54) is 4.57 Å². The van der Waals surface area contributed by atoms with Gasteiger partial charge in [0.25, 0.3) is 0 Å². The van der Waals surface area contributed by atoms with Crippen LogP contribution in [0.2, 0.25) is 0 Å². The van der Waals surface area contributed by atoms with E-state index in [1.54, 1.807) is 18.2 Å². The van der Waals surface area contributed by atoms with Crippen molar-refractivity contribution in [1.82, 2.24) is 19.7 Å². The summed E-state index contributed by atoms with van der Waals surface area (Å²) >= 11 is 0. The predicted octanol–water partition coefficient (Wildman–Crippen LogP) is 3.92. The fraction of sp³-hybridized carbons (Fsp3) is 0.320. The topological polar surface area (TPSA) is 82.1 Å². The van der Waals surface area contributed by atoms with E-state index in [0.29, 0.717) is 11.1 Å². The summed E-state index contributed by atoms with van der Waals surface area (Å²) < 4.78 is 8.63. The summed E-state index contributed by atoms with van der Waals surface area (Å²) in [5.41, 5.74) is 5.43. The summed E-state index contributed by atoms with van der Waals surface area (Å²) in [4.78, 5) is 25.2. The number of carbonyl (C=O) groups excluding carboxylic acids is 1. The Bertz CT molecular complexity index is 1380. The zero-order valence-electron chi connectivity index (χ0n) is 18.5. The van der Waals surface area contributed by atoms with Crippen molar-refractivity contribution in [3.63, 3.8) is 0 Å². The minimum Gasteiger partial charge on any atom is -0.408 e. The number of benzene rings is 2. The van der Waals surface area contributed by atoms with Gasteiger partial charge in [0.05, 0.1) is 29.1 Å². The van der Waals surface area contributed by atoms with Gasteiger partial charge >= 0.3 is 5.76 Å². The maximum atomic E-state index is 13.0. The minimum atomic E-state index is -0.529. The van der Waals surface area contributed by atoms with E-state index in [1.807, 2.05) is 29.1 Å². The Kier molecular flexibility index (Phi) is 4.77. The van der Waals surface area contributed by atoms with Gasteiger partial charge in [-0.3, -0.25) is 9.36 Å². The minimum absolute atomic E-state index is 0.00934. The quantitative estimate of drug-likeness (QED) is 0.532. The van der Waals surface area contributed by atoms with Crippen LogP contribution >= 0.6 is 0 Å². The fourth-order valence-electron chi connectivity index (χ4n) is 4.73. The number of rotatable bonds is 4. The molecule has 7 heteroatoms. The van der Waals surface area contributed by atoms with Gasteiger partial charge in [0, 0.05) is 5.56 Å². The average molecular weight is 431 g/mol. The highest BCUT2D eigenvalue weighted by Gasteiger charge is 2.36. The molecule has 0 saturated heterocycles. The number of nitrogens with one attached hydrogen (secondary N) is 1. The molecule has 0 bridgehead atoms. The van der Waals surface area contributed by atoms with Crippen LogP contribution in [0.1, 0.15) is 43.1 Å². The van der Waals surface area contributed by atoms with Crippen LogP contribution in [-0.2, 0) is 17.8 Å². The number of aryl methyl sites for hydroxylation is 1. The lowest BCUT2D eigenvalue weighted by atomic mass is 9.74. The van der Waals surface area contributed by atoms with Crippen LogP contribution in [-0.4, -0.2) is 20.3 Å². The number of amides is 1. The molecule has 164 valence electrons. The number of aromatic nitrogens is 3. The lowest BCUT2D eigenvalue weighted by Gasteiger charge is -2.36. The molecule has 7 nitrogen and oxygen atoms in total. The first-order valence-corrected chi connectivity index (χ1v) is 10.8. The Labute approximate surface area is 185 Å². The van der Waals surface area contributed by atoms with Gasteiger partial charge in [-0.15, -0.1) is 0 Å². The molecule has 1 aliphatic carbocycles. The summed E-state index contributed by atoms with van der Waals surface area (Å²) in [6.07, 6.45) is 3.53. The molecule has 2 aromatic carbocycles. The third-order valence-corrected chi connectivity index (χ3v) is 6.23. The van der Waals surface area contributed by atoms with E-state index in [-0.39, 0.29) is 23.9 Å². The van der Waals surface area contributed by atoms with Crippen molar-refractivity contribution in [2.24, 2.45) is 5.41 Å². The van der Waals surface area contributed by atoms with Crippen LogP contribution < -0.4 is 11.1 Å². The second kappa shape index (κ2) is 7.51. The molecule has 0 saturated carbocycles. The first-order chi connectivity index (χ1) is 15.3. The highest BCUT2D eigenvalue weighted by Crippen LogP contribution is 2.41. The third kappa shape index (κ3) is 3.53. The molecule has 5 rings (SSSR count). The summed E-state index contributed by atoms with van der Waals surface area (Å²) in [7, 11) is 0. The van der Waals surface area contributed by atoms with E-state index in [2.05, 4.69) is 43.3 Å². The first kappa shape index (κ1) is 20.3. The van der Waals surface area contributed by atoms with Gasteiger partial charge in [0.1, 0.15) is 6.54 Å². The normalized spacial score (nSPS) is 17.3. The summed E-state index contributed by atoms with van der Waals surface area (Å²) in [5, 5.41) is 7.82. The SMILES string of the molecule is Cc1ccccc1-n1ncc2c1CC(C)(C)C[C@H]2NC(=O)Cn1c(=O)oc2ccccc21. The first-order valence-electron chi connectivity index (χ1n) is 10.8. The van der Waals surface area contributed by atoms with Gasteiger partial charge < -0.3 is 9.73 Å². The maximum absolute atomic E-state index is 13.0. The van der Waals surface area contributed by atoms with E-state index in [4.69, 9.17) is 4.42 Å². The molecule has 1 N–H and O–H groups in total. The summed E-state index contributed by atoms with van der Waals surface area (Å²) in [5.74, 6) is -0.755. The van der Waals surface area contributed by atoms with E-state index in [9.17, 15) is 9.59 Å². The molecule has 0 fully saturated rings. The standard InChI is InChI=1S/C25H26N4O3/c1-16-8-4-5-9-19(16)29-21-13-25(2,3)12-18(17(21)14-26-29)27-23(30)15-28-20-10-6-7-11-22(20)32-24(28)31/h4-11,14,18H,12-13,15H2,1-3H3,(H,27,30)/t18-/m1/s1. The Morgan fingerprint density at radius 2 is 1.94 bits per heavy atom. The van der Waals surface area contributed by atoms with Crippen molar-refractivity contribution in [2.75, 3.05) is 0 Å². The highest BCUT2D eigenvalue weighted by molar-refractivity contribution is 5.79. The monoisotopic (exact) mass is 430 g/mol. The number of carbonyl (C=O) groups is 1. The van der Waals surface area contributed by atoms with Gasteiger partial charge in [-0.1, -0.05) is 44.2 Å². The number of hydrogen-bond acceptors (Lipinski definition) is 4. The number of fused-ring (bicyclic) bond motifs is 2. The van der Waals surface area contributed by atoms with E-state index in [0.717, 1.165) is 35.3 Å². The summed E-state index contributed by atoms with van der Waals surface area (Å²) in [6.45, 7) is 6.40. The van der Waals surface area contributed by atoms with Crippen LogP contribution in [0.4, 0.5) is 0 Å². The Balaban J connectivity index is 1.45. The summed E-state index contributed by atoms with van der Waals surface area (Å²) in [6, 6.07) is 15.1. The second-order valence-electron chi connectivity index (χ2n) is 9.33. The van der Waals surface area contributed by atoms with Gasteiger partial charge in [-0.05, 0) is 48.9 Å². The van der Waals surface area contributed by atoms with Crippen molar-refractivity contribution >= 4 is 17.0 Å². The molecule has 4 aromatic rings. The molecule has 0 spiro atoms. The van der Waals surface area contributed by atoms with Crippen molar-refractivity contribution in [3.05, 3.63) is 82.1 Å². The highest BCUT2D eigenvalue weighted by atomic mass is 16.4. The second-order valence-corrected chi connectivity index (χ2v) is 9.33. The lowest BCUT2D eigenvalue weighted by molar-refractivity contribution is -0.122. The third-order valence-electron chi connectivity index (χ3n) is 6.23.